The molecule has 4 aromatic rings. The molecule has 31 heavy (non-hydrogen) atoms. The lowest BCUT2D eigenvalue weighted by atomic mass is 10.1. The maximum absolute atomic E-state index is 12.8. The molecule has 2 aromatic carbocycles. The molecule has 0 atom stereocenters. The topological polar surface area (TPSA) is 106 Å². The van der Waals surface area contributed by atoms with Gasteiger partial charge in [-0.25, -0.2) is 4.68 Å². The molecule has 158 valence electrons. The molecule has 0 saturated heterocycles. The number of fused-ring (bicyclic) bond motifs is 2. The van der Waals surface area contributed by atoms with Crippen molar-refractivity contribution in [3.63, 3.8) is 0 Å². The Kier molecular flexibility index (Phi) is 5.77. The summed E-state index contributed by atoms with van der Waals surface area (Å²) in [4.78, 5) is 38.1. The van der Waals surface area contributed by atoms with Gasteiger partial charge in [-0.2, -0.15) is 16.9 Å². The summed E-state index contributed by atoms with van der Waals surface area (Å²) in [7, 11) is 0. The second kappa shape index (κ2) is 8.65. The van der Waals surface area contributed by atoms with Crippen LogP contribution in [0.25, 0.3) is 21.7 Å². The second-order valence-corrected chi connectivity index (χ2v) is 7.63. The fourth-order valence-electron chi connectivity index (χ4n) is 3.42. The number of hydrazine groups is 1. The summed E-state index contributed by atoms with van der Waals surface area (Å²) in [6.07, 6.45) is 1.94. The van der Waals surface area contributed by atoms with Gasteiger partial charge in [-0.3, -0.25) is 25.2 Å². The molecule has 0 bridgehead atoms. The average Bonchev–Trinajstić information content (AvgIpc) is 3.16. The highest BCUT2D eigenvalue weighted by Gasteiger charge is 2.22. The zero-order valence-corrected chi connectivity index (χ0v) is 17.8. The largest absolute Gasteiger partial charge is 0.451 e. The molecule has 0 unspecified atom stereocenters. The minimum atomic E-state index is -0.630. The minimum Gasteiger partial charge on any atom is -0.451 e. The van der Waals surface area contributed by atoms with E-state index in [0.29, 0.717) is 28.7 Å². The van der Waals surface area contributed by atoms with Crippen LogP contribution in [0.5, 0.6) is 0 Å². The first-order valence-corrected chi connectivity index (χ1v) is 11.0. The van der Waals surface area contributed by atoms with Gasteiger partial charge < -0.3 is 4.42 Å². The fourth-order valence-corrected chi connectivity index (χ4v) is 3.99. The summed E-state index contributed by atoms with van der Waals surface area (Å²) < 4.78 is 6.95. The zero-order chi connectivity index (χ0) is 22.0. The Balaban J connectivity index is 1.62. The monoisotopic (exact) mass is 436 g/mol. The van der Waals surface area contributed by atoms with Crippen LogP contribution < -0.4 is 16.4 Å². The van der Waals surface area contributed by atoms with Gasteiger partial charge in [0.25, 0.3) is 11.5 Å². The quantitative estimate of drug-likeness (QED) is 0.466. The highest BCUT2D eigenvalue weighted by atomic mass is 32.2. The Hall–Kier alpha value is -3.59. The molecule has 8 nitrogen and oxygen atoms in total. The number of nitrogens with one attached hydrogen (secondary N) is 2. The number of nitrogens with zero attached hydrogens (tertiary/aromatic N) is 2. The molecule has 0 spiro atoms. The Morgan fingerprint density at radius 3 is 2.35 bits per heavy atom. The third-order valence-corrected chi connectivity index (χ3v) is 5.44. The highest BCUT2D eigenvalue weighted by molar-refractivity contribution is 7.97. The number of para-hydroxylation sites is 1. The number of thioether (sulfide) groups is 1. The van der Waals surface area contributed by atoms with Gasteiger partial charge >= 0.3 is 5.91 Å². The van der Waals surface area contributed by atoms with Gasteiger partial charge in [0.15, 0.2) is 11.5 Å². The van der Waals surface area contributed by atoms with Crippen LogP contribution in [0.4, 0.5) is 0 Å². The van der Waals surface area contributed by atoms with Crippen LogP contribution in [0, 0.1) is 0 Å². The second-order valence-electron chi connectivity index (χ2n) is 6.76. The number of furan rings is 1. The van der Waals surface area contributed by atoms with Crippen LogP contribution in [0.2, 0.25) is 0 Å². The van der Waals surface area contributed by atoms with Crippen molar-refractivity contribution in [2.45, 2.75) is 19.2 Å². The van der Waals surface area contributed by atoms with Crippen molar-refractivity contribution in [3.05, 3.63) is 75.9 Å². The van der Waals surface area contributed by atoms with Crippen LogP contribution in [-0.2, 0) is 12.3 Å². The number of hydrogen-bond donors (Lipinski definition) is 2. The van der Waals surface area contributed by atoms with Gasteiger partial charge in [0.05, 0.1) is 5.39 Å². The van der Waals surface area contributed by atoms with E-state index in [1.54, 1.807) is 49.0 Å². The molecule has 0 aliphatic heterocycles. The lowest BCUT2D eigenvalue weighted by Crippen LogP contribution is -2.43. The standard InChI is InChI=1S/C22H20N4O4S/c1-3-26-22(29)15-10-5-4-9-14(15)18(25-26)20(27)23-24-21(28)19-16(12-31-2)13-8-6-7-11-17(13)30-19/h4-11H,3,12H2,1-2H3,(H,23,27)(H,24,28). The number of hydrogen-bond acceptors (Lipinski definition) is 6. The summed E-state index contributed by atoms with van der Waals surface area (Å²) in [6.45, 7) is 2.08. The Bertz CT molecular complexity index is 1360. The summed E-state index contributed by atoms with van der Waals surface area (Å²) in [5.41, 5.74) is 5.93. The normalized spacial score (nSPS) is 11.0. The SMILES string of the molecule is CCn1nc(C(=O)NNC(=O)c2oc3ccccc3c2CSC)c2ccccc2c1=O. The van der Waals surface area contributed by atoms with Crippen LogP contribution >= 0.6 is 11.8 Å². The summed E-state index contributed by atoms with van der Waals surface area (Å²) in [5, 5.41) is 5.82. The van der Waals surface area contributed by atoms with Crippen molar-refractivity contribution >= 4 is 45.3 Å². The van der Waals surface area contributed by atoms with Crippen LogP contribution in [0.3, 0.4) is 0 Å². The minimum absolute atomic E-state index is 0.0475. The van der Waals surface area contributed by atoms with E-state index in [1.165, 1.54) is 4.68 Å². The Morgan fingerprint density at radius 2 is 1.65 bits per heavy atom. The van der Waals surface area contributed by atoms with Crippen LogP contribution in [0.15, 0.2) is 57.7 Å². The maximum Gasteiger partial charge on any atom is 0.305 e. The molecule has 2 heterocycles. The predicted octanol–water partition coefficient (Wildman–Crippen LogP) is 3.10. The van der Waals surface area contributed by atoms with Crippen LogP contribution in [-0.4, -0.2) is 27.9 Å². The van der Waals surface area contributed by atoms with Crippen LogP contribution in [0.1, 0.15) is 33.5 Å². The van der Waals surface area contributed by atoms with E-state index in [1.807, 2.05) is 24.5 Å². The van der Waals surface area contributed by atoms with Crippen molar-refractivity contribution in [3.8, 4) is 0 Å². The molecule has 0 aliphatic carbocycles. The summed E-state index contributed by atoms with van der Waals surface area (Å²) in [6, 6.07) is 14.1. The van der Waals surface area contributed by atoms with E-state index < -0.39 is 11.8 Å². The number of rotatable bonds is 5. The first kappa shape index (κ1) is 20.7. The van der Waals surface area contributed by atoms with Crippen molar-refractivity contribution in [1.29, 1.82) is 0 Å². The van der Waals surface area contributed by atoms with Crippen molar-refractivity contribution in [1.82, 2.24) is 20.6 Å². The molecule has 2 N–H and O–H groups in total. The lowest BCUT2D eigenvalue weighted by molar-refractivity contribution is 0.0829. The van der Waals surface area contributed by atoms with Gasteiger partial charge in [-0.05, 0) is 25.3 Å². The van der Waals surface area contributed by atoms with E-state index in [2.05, 4.69) is 16.0 Å². The lowest BCUT2D eigenvalue weighted by Gasteiger charge is -2.10. The Morgan fingerprint density at radius 1 is 1.00 bits per heavy atom. The van der Waals surface area contributed by atoms with Gasteiger partial charge in [0, 0.05) is 28.6 Å². The molecule has 2 aromatic heterocycles. The maximum atomic E-state index is 12.8. The number of carbonyl (C=O) groups excluding carboxylic acids is 2. The Labute approximate surface area is 181 Å². The van der Waals surface area contributed by atoms with E-state index >= 15 is 0 Å². The van der Waals surface area contributed by atoms with Gasteiger partial charge in [0.1, 0.15) is 5.58 Å². The van der Waals surface area contributed by atoms with Gasteiger partial charge in [0.2, 0.25) is 0 Å². The van der Waals surface area contributed by atoms with Gasteiger partial charge in [-0.15, -0.1) is 0 Å². The predicted molar refractivity (Wildman–Crippen MR) is 120 cm³/mol. The van der Waals surface area contributed by atoms with Crippen molar-refractivity contribution in [2.75, 3.05) is 6.26 Å². The third kappa shape index (κ3) is 3.79. The summed E-state index contributed by atoms with van der Waals surface area (Å²) in [5.74, 6) is -0.468. The number of benzene rings is 2. The smallest absolute Gasteiger partial charge is 0.305 e. The fraction of sp³-hybridized carbons (Fsp3) is 0.182. The molecule has 0 aliphatic rings. The molecule has 2 amide bonds. The number of carbonyl (C=O) groups is 2. The molecular weight excluding hydrogens is 416 g/mol. The first-order valence-electron chi connectivity index (χ1n) is 9.65. The van der Waals surface area contributed by atoms with E-state index in [9.17, 15) is 14.4 Å². The molecule has 0 radical (unpaired) electrons. The number of aromatic nitrogens is 2. The van der Waals surface area contributed by atoms with E-state index in [4.69, 9.17) is 4.42 Å². The van der Waals surface area contributed by atoms with Crippen molar-refractivity contribution in [2.24, 2.45) is 0 Å². The van der Waals surface area contributed by atoms with Crippen molar-refractivity contribution < 1.29 is 14.0 Å². The molecule has 9 heteroatoms. The molecular formula is C22H20N4O4S. The average molecular weight is 436 g/mol. The summed E-state index contributed by atoms with van der Waals surface area (Å²) >= 11 is 1.56. The van der Waals surface area contributed by atoms with E-state index in [0.717, 1.165) is 10.9 Å². The highest BCUT2D eigenvalue weighted by Crippen LogP contribution is 2.28. The zero-order valence-electron chi connectivity index (χ0n) is 17.0. The molecule has 4 rings (SSSR count). The number of amides is 2. The first-order chi connectivity index (χ1) is 15.0. The van der Waals surface area contributed by atoms with Gasteiger partial charge in [-0.1, -0.05) is 36.4 Å². The third-order valence-electron chi connectivity index (χ3n) is 4.87. The van der Waals surface area contributed by atoms with E-state index in [-0.39, 0.29) is 17.0 Å². The molecule has 0 fully saturated rings. The molecule has 0 saturated carbocycles. The number of aryl methyl sites for hydroxylation is 1.